The maximum Gasteiger partial charge on any atom is 0.181 e. The summed E-state index contributed by atoms with van der Waals surface area (Å²) < 4.78 is 66.1. The fraction of sp³-hybridized carbons (Fsp3) is 0.500. The van der Waals surface area contributed by atoms with Gasteiger partial charge in [0.15, 0.2) is 15.6 Å². The molecule has 1 aliphatic carbocycles. The molecule has 32 heavy (non-hydrogen) atoms. The Kier molecular flexibility index (Phi) is 7.20. The van der Waals surface area contributed by atoms with Crippen LogP contribution in [0.15, 0.2) is 47.4 Å². The van der Waals surface area contributed by atoms with Gasteiger partial charge in [0.1, 0.15) is 11.6 Å². The molecule has 0 aromatic heterocycles. The topological polar surface area (TPSA) is 52.6 Å². The number of rotatable bonds is 7. The number of hydrogen-bond acceptors (Lipinski definition) is 4. The van der Waals surface area contributed by atoms with Crippen LogP contribution in [0, 0.1) is 17.6 Å². The molecule has 8 heteroatoms. The van der Waals surface area contributed by atoms with Gasteiger partial charge < -0.3 is 9.47 Å². The molecule has 2 aromatic rings. The smallest absolute Gasteiger partial charge is 0.181 e. The summed E-state index contributed by atoms with van der Waals surface area (Å²) in [5, 5.41) is -0.548. The van der Waals surface area contributed by atoms with Crippen LogP contribution in [-0.2, 0) is 19.3 Å². The van der Waals surface area contributed by atoms with Crippen LogP contribution in [0.1, 0.15) is 38.5 Å². The minimum Gasteiger partial charge on any atom is -0.348 e. The van der Waals surface area contributed by atoms with E-state index in [2.05, 4.69) is 0 Å². The van der Waals surface area contributed by atoms with Gasteiger partial charge in [-0.25, -0.2) is 17.2 Å². The van der Waals surface area contributed by atoms with Crippen LogP contribution in [0.4, 0.5) is 8.78 Å². The highest BCUT2D eigenvalue weighted by molar-refractivity contribution is 7.92. The molecule has 0 radical (unpaired) electrons. The summed E-state index contributed by atoms with van der Waals surface area (Å²) in [6.45, 7) is 1.17. The van der Waals surface area contributed by atoms with Gasteiger partial charge in [-0.05, 0) is 61.4 Å². The SMILES string of the molecule is O=S(=O)(c1ccc(-c2ccc(F)cc2F)cc1)C(CCCCl)C1CCC2(CC1)OCCO2. The fourth-order valence-corrected chi connectivity index (χ4v) is 7.16. The van der Waals surface area contributed by atoms with Crippen molar-refractivity contribution in [2.75, 3.05) is 19.1 Å². The van der Waals surface area contributed by atoms with Crippen LogP contribution in [0.25, 0.3) is 11.1 Å². The van der Waals surface area contributed by atoms with Crippen molar-refractivity contribution in [3.63, 3.8) is 0 Å². The lowest BCUT2D eigenvalue weighted by Crippen LogP contribution is -2.40. The molecule has 0 bridgehead atoms. The van der Waals surface area contributed by atoms with Crippen molar-refractivity contribution in [1.82, 2.24) is 0 Å². The lowest BCUT2D eigenvalue weighted by atomic mass is 9.82. The zero-order valence-electron chi connectivity index (χ0n) is 17.7. The minimum absolute atomic E-state index is 0.00383. The highest BCUT2D eigenvalue weighted by atomic mass is 35.5. The molecule has 1 unspecified atom stereocenters. The van der Waals surface area contributed by atoms with E-state index in [1.807, 2.05) is 0 Å². The van der Waals surface area contributed by atoms with Gasteiger partial charge in [0.25, 0.3) is 0 Å². The summed E-state index contributed by atoms with van der Waals surface area (Å²) in [6.07, 6.45) is 3.90. The summed E-state index contributed by atoms with van der Waals surface area (Å²) in [7, 11) is -3.62. The van der Waals surface area contributed by atoms with Gasteiger partial charge in [-0.3, -0.25) is 0 Å². The summed E-state index contributed by atoms with van der Waals surface area (Å²) in [6, 6.07) is 9.50. The van der Waals surface area contributed by atoms with Crippen molar-refractivity contribution < 1.29 is 26.7 Å². The van der Waals surface area contributed by atoms with E-state index in [1.165, 1.54) is 24.3 Å². The third-order valence-corrected chi connectivity index (χ3v) is 9.19. The van der Waals surface area contributed by atoms with Crippen molar-refractivity contribution in [2.45, 2.75) is 54.5 Å². The molecule has 1 saturated carbocycles. The van der Waals surface area contributed by atoms with Gasteiger partial charge >= 0.3 is 0 Å². The molecule has 2 aliphatic rings. The number of benzene rings is 2. The molecule has 0 amide bonds. The Morgan fingerprint density at radius 3 is 2.28 bits per heavy atom. The van der Waals surface area contributed by atoms with Gasteiger partial charge in [0.05, 0.1) is 23.4 Å². The van der Waals surface area contributed by atoms with Crippen molar-refractivity contribution in [3.05, 3.63) is 54.1 Å². The highest BCUT2D eigenvalue weighted by Gasteiger charge is 2.44. The van der Waals surface area contributed by atoms with Crippen LogP contribution in [0.3, 0.4) is 0 Å². The predicted molar refractivity (Wildman–Crippen MR) is 119 cm³/mol. The Morgan fingerprint density at radius 2 is 1.69 bits per heavy atom. The van der Waals surface area contributed by atoms with E-state index in [1.54, 1.807) is 12.1 Å². The van der Waals surface area contributed by atoms with E-state index < -0.39 is 32.5 Å². The number of halogens is 3. The molecular weight excluding hydrogens is 458 g/mol. The lowest BCUT2D eigenvalue weighted by molar-refractivity contribution is -0.182. The first-order chi connectivity index (χ1) is 15.3. The normalized spacial score (nSPS) is 20.0. The zero-order valence-corrected chi connectivity index (χ0v) is 19.3. The molecule has 1 saturated heterocycles. The number of sulfone groups is 1. The number of alkyl halides is 1. The lowest BCUT2D eigenvalue weighted by Gasteiger charge is -2.38. The molecular formula is C24H27ClF2O4S. The van der Waals surface area contributed by atoms with E-state index in [0.717, 1.165) is 6.07 Å². The molecule has 4 nitrogen and oxygen atoms in total. The van der Waals surface area contributed by atoms with Crippen LogP contribution in [0.5, 0.6) is 0 Å². The molecule has 4 rings (SSSR count). The third kappa shape index (κ3) is 4.86. The van der Waals surface area contributed by atoms with Crippen molar-refractivity contribution in [3.8, 4) is 11.1 Å². The summed E-state index contributed by atoms with van der Waals surface area (Å²) in [5.41, 5.74) is 0.720. The molecule has 2 aromatic carbocycles. The Balaban J connectivity index is 1.55. The van der Waals surface area contributed by atoms with Crippen molar-refractivity contribution in [2.24, 2.45) is 5.92 Å². The maximum atomic E-state index is 14.1. The van der Waals surface area contributed by atoms with Gasteiger partial charge in [-0.1, -0.05) is 12.1 Å². The fourth-order valence-electron chi connectivity index (χ4n) is 4.88. The highest BCUT2D eigenvalue weighted by Crippen LogP contribution is 2.42. The first-order valence-corrected chi connectivity index (χ1v) is 13.1. The zero-order chi connectivity index (χ0) is 22.8. The summed E-state index contributed by atoms with van der Waals surface area (Å²) in [4.78, 5) is 0.206. The van der Waals surface area contributed by atoms with E-state index in [0.29, 0.717) is 63.2 Å². The van der Waals surface area contributed by atoms with Crippen LogP contribution in [0.2, 0.25) is 0 Å². The largest absolute Gasteiger partial charge is 0.348 e. The molecule has 0 N–H and O–H groups in total. The average molecular weight is 485 g/mol. The van der Waals surface area contributed by atoms with E-state index >= 15 is 0 Å². The van der Waals surface area contributed by atoms with Crippen molar-refractivity contribution in [1.29, 1.82) is 0 Å². The van der Waals surface area contributed by atoms with E-state index in [9.17, 15) is 17.2 Å². The number of ether oxygens (including phenoxy) is 2. The molecule has 1 spiro atoms. The van der Waals surface area contributed by atoms with Crippen molar-refractivity contribution >= 4 is 21.4 Å². The maximum absolute atomic E-state index is 14.1. The van der Waals surface area contributed by atoms with Gasteiger partial charge in [0.2, 0.25) is 0 Å². The standard InChI is InChI=1S/C24H27ClF2O4S/c25-13-1-2-23(18-9-11-24(12-10-18)30-14-15-31-24)32(28,29)20-6-3-17(4-7-20)21-8-5-19(26)16-22(21)27/h3-8,16,18,23H,1-2,9-15H2. The number of hydrogen-bond donors (Lipinski definition) is 0. The monoisotopic (exact) mass is 484 g/mol. The summed E-state index contributed by atoms with van der Waals surface area (Å²) in [5.74, 6) is -1.49. The van der Waals surface area contributed by atoms with E-state index in [4.69, 9.17) is 21.1 Å². The molecule has 1 atom stereocenters. The van der Waals surface area contributed by atoms with Gasteiger partial charge in [-0.2, -0.15) is 0 Å². The third-order valence-electron chi connectivity index (χ3n) is 6.58. The second-order valence-electron chi connectivity index (χ2n) is 8.51. The Morgan fingerprint density at radius 1 is 1.03 bits per heavy atom. The van der Waals surface area contributed by atoms with Gasteiger partial charge in [-0.15, -0.1) is 11.6 Å². The summed E-state index contributed by atoms with van der Waals surface area (Å²) >= 11 is 5.90. The minimum atomic E-state index is -3.62. The molecule has 1 aliphatic heterocycles. The Bertz CT molecular complexity index is 1030. The Hall–Kier alpha value is -1.54. The van der Waals surface area contributed by atoms with Crippen LogP contribution >= 0.6 is 11.6 Å². The first-order valence-electron chi connectivity index (χ1n) is 11.0. The predicted octanol–water partition coefficient (Wildman–Crippen LogP) is 5.73. The molecule has 174 valence electrons. The average Bonchev–Trinajstić information content (AvgIpc) is 3.23. The quantitative estimate of drug-likeness (QED) is 0.471. The van der Waals surface area contributed by atoms with Gasteiger partial charge in [0, 0.05) is 30.4 Å². The second-order valence-corrected chi connectivity index (χ2v) is 11.1. The Labute approximate surface area is 192 Å². The molecule has 2 fully saturated rings. The van der Waals surface area contributed by atoms with Crippen LogP contribution < -0.4 is 0 Å². The second kappa shape index (κ2) is 9.75. The van der Waals surface area contributed by atoms with E-state index in [-0.39, 0.29) is 16.4 Å². The molecule has 1 heterocycles. The first kappa shape index (κ1) is 23.6. The van der Waals surface area contributed by atoms with Crippen LogP contribution in [-0.4, -0.2) is 38.5 Å².